The Labute approximate surface area is 117 Å². The van der Waals surface area contributed by atoms with Crippen molar-refractivity contribution in [1.29, 1.82) is 0 Å². The molecule has 1 aromatic rings. The average molecular weight is 288 g/mol. The second-order valence-electron chi connectivity index (χ2n) is 4.93. The van der Waals surface area contributed by atoms with E-state index in [0.717, 1.165) is 18.3 Å². The molecule has 0 aromatic carbocycles. The molecular weight excluding hydrogens is 267 g/mol. The fourth-order valence-electron chi connectivity index (χ4n) is 1.87. The van der Waals surface area contributed by atoms with Gasteiger partial charge in [-0.1, -0.05) is 19.4 Å². The third-order valence-electron chi connectivity index (χ3n) is 3.19. The summed E-state index contributed by atoms with van der Waals surface area (Å²) in [5.74, 6) is 0. The zero-order valence-corrected chi connectivity index (χ0v) is 11.8. The van der Waals surface area contributed by atoms with Crippen LogP contribution in [0, 0.1) is 0 Å². The summed E-state index contributed by atoms with van der Waals surface area (Å²) in [6.07, 6.45) is 0.0282. The van der Waals surface area contributed by atoms with Gasteiger partial charge in [0.2, 0.25) is 0 Å². The van der Waals surface area contributed by atoms with E-state index in [0.29, 0.717) is 12.0 Å². The van der Waals surface area contributed by atoms with E-state index in [-0.39, 0.29) is 0 Å². The van der Waals surface area contributed by atoms with Crippen LogP contribution in [0.2, 0.25) is 0 Å². The highest BCUT2D eigenvalue weighted by Crippen LogP contribution is 2.28. The molecular formula is C14H21F3N3-. The molecule has 1 saturated heterocycles. The molecule has 0 bridgehead atoms. The Kier molecular flexibility index (Phi) is 6.42. The largest absolute Gasteiger partial charge is 0.671 e. The molecule has 1 fully saturated rings. The van der Waals surface area contributed by atoms with Crippen LogP contribution in [0.15, 0.2) is 18.3 Å². The average Bonchev–Trinajstić information content (AvgIpc) is 2.89. The number of hydrogen-bond acceptors (Lipinski definition) is 2. The lowest BCUT2D eigenvalue weighted by Crippen LogP contribution is -2.16. The molecule has 2 heterocycles. The van der Waals surface area contributed by atoms with Crippen LogP contribution in [-0.4, -0.2) is 17.6 Å². The van der Waals surface area contributed by atoms with Gasteiger partial charge in [-0.3, -0.25) is 4.98 Å². The van der Waals surface area contributed by atoms with Crippen LogP contribution in [0.3, 0.4) is 0 Å². The van der Waals surface area contributed by atoms with E-state index in [1.165, 1.54) is 25.5 Å². The predicted molar refractivity (Wildman–Crippen MR) is 73.3 cm³/mol. The first kappa shape index (κ1) is 16.9. The molecule has 20 heavy (non-hydrogen) atoms. The Hall–Kier alpha value is -1.14. The Bertz CT molecular complexity index is 384. The summed E-state index contributed by atoms with van der Waals surface area (Å²) in [5, 5.41) is 3.32. The van der Waals surface area contributed by atoms with Crippen LogP contribution >= 0.6 is 0 Å². The molecule has 0 radical (unpaired) electrons. The van der Waals surface area contributed by atoms with Crippen molar-refractivity contribution >= 4 is 0 Å². The summed E-state index contributed by atoms with van der Waals surface area (Å²) < 4.78 is 36.3. The fourth-order valence-corrected chi connectivity index (χ4v) is 1.87. The van der Waals surface area contributed by atoms with Crippen molar-refractivity contribution in [3.63, 3.8) is 0 Å². The Balaban J connectivity index is 0.000000276. The van der Waals surface area contributed by atoms with Gasteiger partial charge in [-0.15, -0.1) is 6.04 Å². The second-order valence-corrected chi connectivity index (χ2v) is 4.93. The molecule has 1 aromatic heterocycles. The highest BCUT2D eigenvalue weighted by molar-refractivity contribution is 5.20. The topological polar surface area (TPSA) is 48.7 Å². The van der Waals surface area contributed by atoms with Gasteiger partial charge in [-0.2, -0.15) is 13.2 Å². The van der Waals surface area contributed by atoms with Crippen molar-refractivity contribution in [2.24, 2.45) is 0 Å². The monoisotopic (exact) mass is 288 g/mol. The summed E-state index contributed by atoms with van der Waals surface area (Å²) >= 11 is 0. The molecule has 1 unspecified atom stereocenters. The van der Waals surface area contributed by atoms with E-state index >= 15 is 0 Å². The van der Waals surface area contributed by atoms with Crippen molar-refractivity contribution in [2.75, 3.05) is 6.54 Å². The summed E-state index contributed by atoms with van der Waals surface area (Å²) in [6, 6.07) is 2.51. The van der Waals surface area contributed by atoms with Crippen LogP contribution in [0.1, 0.15) is 50.4 Å². The Morgan fingerprint density at radius 1 is 1.45 bits per heavy atom. The minimum absolute atomic E-state index is 0.496. The van der Waals surface area contributed by atoms with E-state index in [1.807, 2.05) is 0 Å². The van der Waals surface area contributed by atoms with Gasteiger partial charge in [0, 0.05) is 12.2 Å². The number of nitrogens with one attached hydrogen (secondary N) is 2. The smallest absolute Gasteiger partial charge is 0.433 e. The molecule has 0 spiro atoms. The normalized spacial score (nSPS) is 20.2. The number of alkyl halides is 3. The van der Waals surface area contributed by atoms with Crippen molar-refractivity contribution in [2.45, 2.75) is 51.4 Å². The maximum absolute atomic E-state index is 12.1. The molecule has 0 saturated carbocycles. The molecule has 3 nitrogen and oxygen atoms in total. The predicted octanol–water partition coefficient (Wildman–Crippen LogP) is 4.36. The minimum Gasteiger partial charge on any atom is -0.671 e. The summed E-state index contributed by atoms with van der Waals surface area (Å²) in [6.45, 7) is 5.27. The van der Waals surface area contributed by atoms with E-state index in [4.69, 9.17) is 5.73 Å². The Morgan fingerprint density at radius 2 is 2.15 bits per heavy atom. The van der Waals surface area contributed by atoms with Gasteiger partial charge in [0.05, 0.1) is 0 Å². The van der Waals surface area contributed by atoms with E-state index in [1.54, 1.807) is 6.92 Å². The zero-order chi connectivity index (χ0) is 15.2. The highest BCUT2D eigenvalue weighted by atomic mass is 19.4. The molecule has 0 amide bonds. The third kappa shape index (κ3) is 5.46. The van der Waals surface area contributed by atoms with E-state index in [9.17, 15) is 13.2 Å². The molecule has 2 atom stereocenters. The van der Waals surface area contributed by atoms with Crippen LogP contribution in [-0.2, 0) is 6.18 Å². The summed E-state index contributed by atoms with van der Waals surface area (Å²) in [5.41, 5.74) is 7.07. The van der Waals surface area contributed by atoms with E-state index < -0.39 is 17.9 Å². The van der Waals surface area contributed by atoms with Crippen LogP contribution in [0.5, 0.6) is 0 Å². The molecule has 114 valence electrons. The lowest BCUT2D eigenvalue weighted by atomic mass is 10.1. The minimum atomic E-state index is -4.40. The molecule has 2 N–H and O–H groups in total. The number of hydrogen-bond donors (Lipinski definition) is 1. The molecule has 1 aliphatic heterocycles. The zero-order valence-electron chi connectivity index (χ0n) is 11.8. The summed E-state index contributed by atoms with van der Waals surface area (Å²) in [7, 11) is 0. The number of aromatic nitrogens is 1. The van der Waals surface area contributed by atoms with Crippen molar-refractivity contribution in [3.05, 3.63) is 35.3 Å². The van der Waals surface area contributed by atoms with Gasteiger partial charge >= 0.3 is 6.18 Å². The number of pyridine rings is 1. The van der Waals surface area contributed by atoms with E-state index in [2.05, 4.69) is 17.2 Å². The van der Waals surface area contributed by atoms with Gasteiger partial charge in [-0.25, -0.2) is 0 Å². The van der Waals surface area contributed by atoms with Gasteiger partial charge in [-0.05, 0) is 37.9 Å². The quantitative estimate of drug-likeness (QED) is 0.878. The van der Waals surface area contributed by atoms with Gasteiger partial charge < -0.3 is 11.1 Å². The molecule has 6 heteroatoms. The first-order valence-corrected chi connectivity index (χ1v) is 6.82. The summed E-state index contributed by atoms with van der Waals surface area (Å²) in [4.78, 5) is 3.27. The van der Waals surface area contributed by atoms with Crippen LogP contribution in [0.4, 0.5) is 13.2 Å². The van der Waals surface area contributed by atoms with Crippen LogP contribution in [0.25, 0.3) is 5.73 Å². The third-order valence-corrected chi connectivity index (χ3v) is 3.19. The van der Waals surface area contributed by atoms with Gasteiger partial charge in [0.1, 0.15) is 5.69 Å². The van der Waals surface area contributed by atoms with Gasteiger partial charge in [0.15, 0.2) is 0 Å². The molecule has 2 rings (SSSR count). The van der Waals surface area contributed by atoms with Crippen molar-refractivity contribution in [3.8, 4) is 0 Å². The first-order chi connectivity index (χ1) is 9.34. The first-order valence-electron chi connectivity index (χ1n) is 6.82. The fraction of sp³-hybridized carbons (Fsp3) is 0.643. The van der Waals surface area contributed by atoms with Crippen LogP contribution < -0.4 is 5.32 Å². The molecule has 1 aliphatic rings. The maximum atomic E-state index is 12.1. The number of rotatable bonds is 2. The maximum Gasteiger partial charge on any atom is 0.433 e. The van der Waals surface area contributed by atoms with Crippen molar-refractivity contribution < 1.29 is 13.2 Å². The Morgan fingerprint density at radius 3 is 2.45 bits per heavy atom. The molecule has 0 aliphatic carbocycles. The lowest BCUT2D eigenvalue weighted by molar-refractivity contribution is -0.141. The lowest BCUT2D eigenvalue weighted by Gasteiger charge is -2.17. The standard InChI is InChI=1S/C9H10F3N2.C5H11N/c1-2-7(13)6-3-4-8(14-5-6)9(10,11)12;1-5-3-2-4-6-5/h3-5,7,13H,2H2,1H3;5-6H,2-4H2,1H3/q-1;/t7-;/m1./s1. The number of nitrogens with zero attached hydrogens (tertiary/aromatic N) is 1. The number of halogens is 3. The SMILES string of the molecule is CC1CCCN1.CC[C@@H]([NH-])c1ccc(C(F)(F)F)nc1. The van der Waals surface area contributed by atoms with Gasteiger partial charge in [0.25, 0.3) is 0 Å². The van der Waals surface area contributed by atoms with Crippen molar-refractivity contribution in [1.82, 2.24) is 10.3 Å². The second kappa shape index (κ2) is 7.59. The highest BCUT2D eigenvalue weighted by Gasteiger charge is 2.31.